The highest BCUT2D eigenvalue weighted by Crippen LogP contribution is 2.37. The van der Waals surface area contributed by atoms with Crippen LogP contribution in [0.5, 0.6) is 0 Å². The summed E-state index contributed by atoms with van der Waals surface area (Å²) in [6.45, 7) is 9.79. The average Bonchev–Trinajstić information content (AvgIpc) is 3.12. The molecule has 0 aliphatic carbocycles. The molecule has 0 saturated heterocycles. The van der Waals surface area contributed by atoms with Gasteiger partial charge in [-0.25, -0.2) is 9.19 Å². The van der Waals surface area contributed by atoms with Crippen LogP contribution in [0.3, 0.4) is 0 Å². The molecule has 0 fully saturated rings. The minimum atomic E-state index is -4.79. The summed E-state index contributed by atoms with van der Waals surface area (Å²) in [6, 6.07) is 12.5. The van der Waals surface area contributed by atoms with Crippen LogP contribution in [-0.4, -0.2) is 73.9 Å². The van der Waals surface area contributed by atoms with Crippen LogP contribution in [-0.2, 0) is 36.5 Å². The molecule has 2 atom stereocenters. The molecule has 2 aromatic carbocycles. The molecule has 0 amide bonds. The normalized spacial score (nSPS) is 12.4. The monoisotopic (exact) mass is 799 g/mol. The second-order valence-corrected chi connectivity index (χ2v) is 15.2. The number of nitrogens with zero attached hydrogens (tertiary/aromatic N) is 7. The van der Waals surface area contributed by atoms with Gasteiger partial charge in [0.05, 0.1) is 16.4 Å². The van der Waals surface area contributed by atoms with Crippen molar-refractivity contribution in [2.45, 2.75) is 23.1 Å². The summed E-state index contributed by atoms with van der Waals surface area (Å²) in [6.07, 6.45) is 0.635. The number of hydrogen-bond acceptors (Lipinski definition) is 16. The van der Waals surface area contributed by atoms with Crippen molar-refractivity contribution in [2.24, 2.45) is 10.2 Å². The zero-order valence-electron chi connectivity index (χ0n) is 28.4. The number of rotatable bonds is 19. The molecular weight excluding hydrogens is 766 g/mol. The molecular formula is C32H34ClN11O6S3. The Kier molecular flexibility index (Phi) is 14.6. The predicted octanol–water partition coefficient (Wildman–Crippen LogP) is 6.25. The van der Waals surface area contributed by atoms with Gasteiger partial charge in [0.25, 0.3) is 10.1 Å². The number of pyridine rings is 1. The van der Waals surface area contributed by atoms with Gasteiger partial charge in [-0.15, -0.1) is 10.2 Å². The Morgan fingerprint density at radius 3 is 2.25 bits per heavy atom. The molecule has 0 bridgehead atoms. The van der Waals surface area contributed by atoms with E-state index in [9.17, 15) is 26.7 Å². The Bertz CT molecular complexity index is 2220. The number of nitriles is 1. The molecule has 0 saturated carbocycles. The van der Waals surface area contributed by atoms with Crippen LogP contribution in [0.1, 0.15) is 17.5 Å². The molecule has 2 heterocycles. The maximum Gasteiger partial charge on any atom is 0.296 e. The minimum Gasteiger partial charge on any atom is -0.385 e. The van der Waals surface area contributed by atoms with Crippen LogP contribution in [0.25, 0.3) is 0 Å². The van der Waals surface area contributed by atoms with Gasteiger partial charge >= 0.3 is 0 Å². The number of benzene rings is 2. The van der Waals surface area contributed by atoms with Crippen molar-refractivity contribution in [1.82, 2.24) is 19.9 Å². The quantitative estimate of drug-likeness (QED) is 0.0399. The summed E-state index contributed by atoms with van der Waals surface area (Å²) in [5.74, 6) is 0.662. The van der Waals surface area contributed by atoms with Crippen molar-refractivity contribution in [2.75, 3.05) is 53.8 Å². The number of hydrogen-bond donors (Lipinski definition) is 5. The third-order valence-electron chi connectivity index (χ3n) is 6.98. The van der Waals surface area contributed by atoms with E-state index in [-0.39, 0.29) is 63.7 Å². The number of azo groups is 1. The van der Waals surface area contributed by atoms with Crippen LogP contribution in [0.2, 0.25) is 5.28 Å². The number of nitrogens with one attached hydrogen (secondary N) is 4. The maximum absolute atomic E-state index is 12.4. The first-order valence-electron chi connectivity index (χ1n) is 15.4. The Hall–Kier alpha value is -5.17. The van der Waals surface area contributed by atoms with E-state index in [0.717, 1.165) is 6.07 Å². The van der Waals surface area contributed by atoms with Crippen LogP contribution in [0.4, 0.5) is 46.3 Å². The standard InChI is InChI=1S/C32H34ClN11O6S3/c1-5-51(45)17-15-36-29-27(20(3)24(19-34)28(39-29)35-14-7-16-50-4)44-43-25-18-22(10-13-26(25)53(47,48)49)38-32-41-30(33)40-31(42-32)37-21-8-11-23(12-9-21)52(46)6-2/h5-6,8-13,18H,1-2,7,14-17H2,3-4H3,(H2,35,36,39)(H,47,48,49)(H2,37,38,40,41,42). The number of ether oxygens (including phenoxy) is 1. The van der Waals surface area contributed by atoms with Crippen LogP contribution in [0, 0.1) is 18.3 Å². The molecule has 0 spiro atoms. The molecule has 53 heavy (non-hydrogen) atoms. The molecule has 0 aliphatic rings. The fraction of sp³-hybridized carbons (Fsp3) is 0.219. The molecule has 21 heteroatoms. The Morgan fingerprint density at radius 1 is 0.962 bits per heavy atom. The number of anilines is 6. The molecule has 5 N–H and O–H groups in total. The highest BCUT2D eigenvalue weighted by molar-refractivity contribution is 7.88. The van der Waals surface area contributed by atoms with Crippen molar-refractivity contribution >= 4 is 89.6 Å². The molecule has 4 aromatic rings. The fourth-order valence-corrected chi connectivity index (χ4v) is 6.30. The van der Waals surface area contributed by atoms with Gasteiger partial charge in [-0.2, -0.15) is 28.6 Å². The van der Waals surface area contributed by atoms with E-state index < -0.39 is 36.6 Å². The summed E-state index contributed by atoms with van der Waals surface area (Å²) in [5, 5.41) is 32.9. The predicted molar refractivity (Wildman–Crippen MR) is 205 cm³/mol. The minimum absolute atomic E-state index is 0.0323. The van der Waals surface area contributed by atoms with Crippen molar-refractivity contribution in [3.05, 3.63) is 82.8 Å². The van der Waals surface area contributed by atoms with E-state index in [1.54, 1.807) is 38.3 Å². The highest BCUT2D eigenvalue weighted by Gasteiger charge is 2.20. The van der Waals surface area contributed by atoms with Gasteiger partial charge in [0.2, 0.25) is 17.2 Å². The van der Waals surface area contributed by atoms with E-state index in [2.05, 4.69) is 70.7 Å². The highest BCUT2D eigenvalue weighted by atomic mass is 35.5. The van der Waals surface area contributed by atoms with E-state index in [1.165, 1.54) is 22.9 Å². The van der Waals surface area contributed by atoms with Crippen molar-refractivity contribution < 1.29 is 26.1 Å². The van der Waals surface area contributed by atoms with E-state index in [1.807, 2.05) is 0 Å². The third-order valence-corrected chi connectivity index (χ3v) is 10.1. The third kappa shape index (κ3) is 11.4. The summed E-state index contributed by atoms with van der Waals surface area (Å²) >= 11 is 6.17. The van der Waals surface area contributed by atoms with Crippen LogP contribution in [0.15, 0.2) is 86.5 Å². The smallest absolute Gasteiger partial charge is 0.296 e. The number of methoxy groups -OCH3 is 1. The zero-order chi connectivity index (χ0) is 38.5. The molecule has 17 nitrogen and oxygen atoms in total. The Labute approximate surface area is 315 Å². The second kappa shape index (κ2) is 19.1. The topological polar surface area (TPSA) is 246 Å². The molecule has 2 unspecified atom stereocenters. The first-order chi connectivity index (χ1) is 25.4. The molecule has 0 radical (unpaired) electrons. The molecule has 2 aromatic heterocycles. The van der Waals surface area contributed by atoms with Crippen molar-refractivity contribution in [3.8, 4) is 6.07 Å². The van der Waals surface area contributed by atoms with E-state index in [0.29, 0.717) is 35.7 Å². The summed E-state index contributed by atoms with van der Waals surface area (Å²) in [5.41, 5.74) is 1.12. The summed E-state index contributed by atoms with van der Waals surface area (Å²) in [7, 11) is -5.88. The van der Waals surface area contributed by atoms with Gasteiger partial charge in [0.1, 0.15) is 28.2 Å². The van der Waals surface area contributed by atoms with E-state index >= 15 is 0 Å². The molecule has 4 rings (SSSR count). The van der Waals surface area contributed by atoms with Gasteiger partial charge < -0.3 is 26.0 Å². The number of aromatic nitrogens is 4. The van der Waals surface area contributed by atoms with Crippen molar-refractivity contribution in [3.63, 3.8) is 0 Å². The van der Waals surface area contributed by atoms with Crippen LogP contribution >= 0.6 is 11.6 Å². The Balaban J connectivity index is 1.69. The first kappa shape index (κ1) is 40.6. The lowest BCUT2D eigenvalue weighted by atomic mass is 10.1. The van der Waals surface area contributed by atoms with Gasteiger partial charge in [0, 0.05) is 70.6 Å². The zero-order valence-corrected chi connectivity index (χ0v) is 31.6. The van der Waals surface area contributed by atoms with Gasteiger partial charge in [0.15, 0.2) is 5.82 Å². The lowest BCUT2D eigenvalue weighted by Gasteiger charge is -2.15. The SMILES string of the molecule is C=CS(=O)CCNc1nc(NCCCOC)c(C#N)c(C)c1N=Nc1cc(Nc2nc(Cl)nc(Nc3ccc(S(=O)C=C)cc3)n2)ccc1S(=O)(=O)O. The van der Waals surface area contributed by atoms with Gasteiger partial charge in [-0.3, -0.25) is 8.76 Å². The molecule has 278 valence electrons. The van der Waals surface area contributed by atoms with Crippen LogP contribution < -0.4 is 21.3 Å². The van der Waals surface area contributed by atoms with Gasteiger partial charge in [-0.1, -0.05) is 13.2 Å². The molecule has 0 aliphatic heterocycles. The lowest BCUT2D eigenvalue weighted by molar-refractivity contribution is 0.198. The first-order valence-corrected chi connectivity index (χ1v) is 19.8. The lowest BCUT2D eigenvalue weighted by Crippen LogP contribution is -2.14. The second-order valence-electron chi connectivity index (χ2n) is 10.6. The van der Waals surface area contributed by atoms with E-state index in [4.69, 9.17) is 16.3 Å². The van der Waals surface area contributed by atoms with Crippen molar-refractivity contribution in [1.29, 1.82) is 5.26 Å². The van der Waals surface area contributed by atoms with Gasteiger partial charge in [-0.05, 0) is 72.8 Å². The summed E-state index contributed by atoms with van der Waals surface area (Å²) < 4.78 is 63.8. The average molecular weight is 800 g/mol. The fourth-order valence-electron chi connectivity index (χ4n) is 4.47. The maximum atomic E-state index is 12.4. The Morgan fingerprint density at radius 2 is 1.62 bits per heavy atom. The number of halogens is 1. The largest absolute Gasteiger partial charge is 0.385 e. The summed E-state index contributed by atoms with van der Waals surface area (Å²) in [4.78, 5) is 17.0.